The number of carbonyl (C=O) groups is 6. The molecular formula is C68H65N9O10. The molecule has 19 nitrogen and oxygen atoms in total. The van der Waals surface area contributed by atoms with Gasteiger partial charge >= 0.3 is 17.9 Å². The third-order valence-electron chi connectivity index (χ3n) is 14.0. The highest BCUT2D eigenvalue weighted by Gasteiger charge is 2.27. The molecule has 7 N–H and O–H groups in total. The number of carbonyl (C=O) groups excluding carboxylic acids is 3. The Kier molecular flexibility index (Phi) is 20.5. The van der Waals surface area contributed by atoms with Crippen molar-refractivity contribution in [2.24, 2.45) is 15.3 Å². The number of aliphatic hydroxyl groups is 1. The van der Waals surface area contributed by atoms with E-state index in [2.05, 4.69) is 62.6 Å². The highest BCUT2D eigenvalue weighted by molar-refractivity contribution is 6.02. The van der Waals surface area contributed by atoms with Crippen molar-refractivity contribution in [3.8, 4) is 11.4 Å². The first kappa shape index (κ1) is 63.1. The van der Waals surface area contributed by atoms with Gasteiger partial charge in [-0.25, -0.2) is 25.2 Å². The van der Waals surface area contributed by atoms with Crippen molar-refractivity contribution in [3.63, 3.8) is 0 Å². The van der Waals surface area contributed by atoms with Gasteiger partial charge in [-0.3, -0.25) is 19.8 Å². The van der Waals surface area contributed by atoms with E-state index in [1.54, 1.807) is 67.7 Å². The molecule has 19 heteroatoms. The number of amides is 2. The number of aliphatic hydroxyl groups excluding tert-OH is 1. The molecule has 0 saturated heterocycles. The second-order valence-electron chi connectivity index (χ2n) is 20.3. The number of aromatic carboxylic acids is 3. The zero-order valence-corrected chi connectivity index (χ0v) is 49.2. The number of benzene rings is 6. The number of hydrogen-bond acceptors (Lipinski definition) is 12. The second-order valence-corrected chi connectivity index (χ2v) is 20.3. The fourth-order valence-corrected chi connectivity index (χ4v) is 9.59. The number of carboxylic acids is 3. The zero-order chi connectivity index (χ0) is 63.2. The molecule has 87 heavy (non-hydrogen) atoms. The minimum atomic E-state index is -1.07. The summed E-state index contributed by atoms with van der Waals surface area (Å²) in [5.74, 6) is -4.05. The molecule has 0 aliphatic carbocycles. The van der Waals surface area contributed by atoms with Gasteiger partial charge in [0.1, 0.15) is 5.76 Å². The molecule has 442 valence electrons. The number of hydrogen-bond donors (Lipinski definition) is 7. The van der Waals surface area contributed by atoms with Crippen molar-refractivity contribution in [3.05, 3.63) is 266 Å². The SMILES string of the molecule is C=C(N/N=C/c1cccc(C(=O)O)c1)c1ccc(C(C)=O)c(N2C(C)=CC2C)c1.C=C(O)c1cccc(/C=N\NC(=O)c2ccc(C(=O)O)c(-n3c(C)cc(C)c3C)c2)c1.Cc1ccc(C)n1-c1cc(C(=O)N/N=C/c2ccccc2)ccc1C(=O)O. The number of carboxylic acid groups (broad SMARTS) is 3. The molecule has 0 spiro atoms. The minimum Gasteiger partial charge on any atom is -0.508 e. The standard InChI is InChI=1S/C24H23N3O4.C23H23N3O3.C21H19N3O3/c1-14-10-15(2)27(16(14)3)22-12-20(8-9-21(22)24(30)31)23(29)26-25-13-18-6-5-7-19(11-18)17(4)28;1-14-10-15(2)26(14)22-12-19(8-9-21(22)17(4)27)16(3)25-24-13-18-6-5-7-20(11-18)23(28)29;1-14-8-9-15(2)24(14)19-12-17(10-11-18(19)21(26)27)20(25)23-22-13-16-6-4-3-5-7-16/h5-13,28H,4H2,1-3H3,(H,26,29)(H,30,31);5-14,25H,3H2,1-2,4H3,(H,28,29);3-13H,1-2H3,(H,23,25)(H,26,27)/b25-13-;24-13+;22-13+. The molecule has 0 radical (unpaired) electrons. The summed E-state index contributed by atoms with van der Waals surface area (Å²) in [6.07, 6.45) is 6.66. The van der Waals surface area contributed by atoms with E-state index in [1.165, 1.54) is 48.8 Å². The van der Waals surface area contributed by atoms with Gasteiger partial charge in [-0.1, -0.05) is 79.9 Å². The Bertz CT molecular complexity index is 4110. The fraction of sp³-hybridized carbons (Fsp3) is 0.132. The van der Waals surface area contributed by atoms with Gasteiger partial charge in [0, 0.05) is 56.3 Å². The predicted molar refractivity (Wildman–Crippen MR) is 339 cm³/mol. The average molecular weight is 1170 g/mol. The molecule has 0 saturated carbocycles. The molecule has 6 aromatic carbocycles. The molecule has 1 unspecified atom stereocenters. The van der Waals surface area contributed by atoms with E-state index in [-0.39, 0.29) is 39.8 Å². The Balaban J connectivity index is 0.000000187. The van der Waals surface area contributed by atoms with E-state index < -0.39 is 29.7 Å². The van der Waals surface area contributed by atoms with Crippen LogP contribution in [0.15, 0.2) is 192 Å². The molecule has 1 aliphatic rings. The number of anilines is 1. The number of ketones is 1. The van der Waals surface area contributed by atoms with E-state index in [4.69, 9.17) is 5.11 Å². The van der Waals surface area contributed by atoms with Crippen molar-refractivity contribution < 1.29 is 49.2 Å². The molecule has 0 fully saturated rings. The zero-order valence-electron chi connectivity index (χ0n) is 49.2. The normalized spacial score (nSPS) is 12.5. The van der Waals surface area contributed by atoms with E-state index in [0.29, 0.717) is 44.9 Å². The predicted octanol–water partition coefficient (Wildman–Crippen LogP) is 12.2. The van der Waals surface area contributed by atoms with Crippen LogP contribution in [0.25, 0.3) is 22.8 Å². The fourth-order valence-electron chi connectivity index (χ4n) is 9.59. The number of allylic oxidation sites excluding steroid dienone is 1. The Labute approximate surface area is 503 Å². The summed E-state index contributed by atoms with van der Waals surface area (Å²) in [5.41, 5.74) is 21.0. The summed E-state index contributed by atoms with van der Waals surface area (Å²) in [6, 6.07) is 43.2. The molecule has 2 amide bonds. The van der Waals surface area contributed by atoms with Crippen LogP contribution < -0.4 is 21.2 Å². The molecule has 3 heterocycles. The number of aryl methyl sites for hydroxylation is 4. The lowest BCUT2D eigenvalue weighted by Crippen LogP contribution is -2.39. The number of hydrazone groups is 3. The van der Waals surface area contributed by atoms with Crippen LogP contribution in [0, 0.1) is 34.6 Å². The first-order valence-corrected chi connectivity index (χ1v) is 27.1. The Morgan fingerprint density at radius 1 is 0.471 bits per heavy atom. The molecule has 1 aliphatic heterocycles. The van der Waals surface area contributed by atoms with Gasteiger partial charge in [-0.15, -0.1) is 0 Å². The van der Waals surface area contributed by atoms with Gasteiger partial charge < -0.3 is 34.5 Å². The second kappa shape index (κ2) is 28.2. The summed E-state index contributed by atoms with van der Waals surface area (Å²) >= 11 is 0. The molecule has 9 rings (SSSR count). The Morgan fingerprint density at radius 3 is 1.43 bits per heavy atom. The van der Waals surface area contributed by atoms with E-state index >= 15 is 0 Å². The molecule has 2 aromatic heterocycles. The van der Waals surface area contributed by atoms with Crippen LogP contribution in [0.1, 0.15) is 139 Å². The van der Waals surface area contributed by atoms with Crippen LogP contribution in [0.4, 0.5) is 5.69 Å². The average Bonchev–Trinajstić information content (AvgIpc) is 1.88. The van der Waals surface area contributed by atoms with E-state index in [9.17, 15) is 44.1 Å². The Hall–Kier alpha value is -11.5. The lowest BCUT2D eigenvalue weighted by atomic mass is 9.98. The lowest BCUT2D eigenvalue weighted by molar-refractivity contribution is 0.0686. The molecular weight excluding hydrogens is 1100 g/mol. The highest BCUT2D eigenvalue weighted by Crippen LogP contribution is 2.35. The monoisotopic (exact) mass is 1170 g/mol. The maximum atomic E-state index is 12.6. The summed E-state index contributed by atoms with van der Waals surface area (Å²) in [4.78, 5) is 73.6. The third-order valence-corrected chi connectivity index (χ3v) is 14.0. The quantitative estimate of drug-likeness (QED) is 0.0183. The van der Waals surface area contributed by atoms with Crippen molar-refractivity contribution >= 4 is 71.3 Å². The summed E-state index contributed by atoms with van der Waals surface area (Å²) in [6.45, 7) is 22.7. The van der Waals surface area contributed by atoms with Gasteiger partial charge in [0.25, 0.3) is 11.8 Å². The van der Waals surface area contributed by atoms with Crippen molar-refractivity contribution in [1.29, 1.82) is 0 Å². The van der Waals surface area contributed by atoms with Crippen molar-refractivity contribution in [1.82, 2.24) is 25.4 Å². The van der Waals surface area contributed by atoms with Gasteiger partial charge in [0.15, 0.2) is 5.78 Å². The summed E-state index contributed by atoms with van der Waals surface area (Å²) in [7, 11) is 0. The molecule has 8 aromatic rings. The topological polar surface area (TPSA) is 270 Å². The number of Topliss-reactive ketones (excluding diaryl/α,β-unsaturated/α-hetero) is 1. The van der Waals surface area contributed by atoms with Crippen LogP contribution in [-0.2, 0) is 0 Å². The van der Waals surface area contributed by atoms with Gasteiger partial charge in [-0.2, -0.15) is 15.3 Å². The van der Waals surface area contributed by atoms with Gasteiger partial charge in [0.05, 0.1) is 64.1 Å². The van der Waals surface area contributed by atoms with E-state index in [0.717, 1.165) is 50.9 Å². The first-order valence-electron chi connectivity index (χ1n) is 27.1. The van der Waals surface area contributed by atoms with Crippen LogP contribution in [-0.4, -0.2) is 89.8 Å². The minimum absolute atomic E-state index is 0.00774. The summed E-state index contributed by atoms with van der Waals surface area (Å²) < 4.78 is 3.64. The number of rotatable bonds is 18. The molecule has 0 bridgehead atoms. The Morgan fingerprint density at radius 2 is 0.943 bits per heavy atom. The van der Waals surface area contributed by atoms with Crippen molar-refractivity contribution in [2.45, 2.75) is 61.4 Å². The lowest BCUT2D eigenvalue weighted by Gasteiger charge is -2.39. The number of nitrogens with zero attached hydrogens (tertiary/aromatic N) is 6. The van der Waals surface area contributed by atoms with Gasteiger partial charge in [0.2, 0.25) is 0 Å². The number of nitrogens with one attached hydrogen (secondary N) is 3. The maximum absolute atomic E-state index is 12.6. The highest BCUT2D eigenvalue weighted by atomic mass is 16.4. The number of aromatic nitrogens is 2. The third kappa shape index (κ3) is 15.6. The summed E-state index contributed by atoms with van der Waals surface area (Å²) in [5, 5.41) is 49.7. The van der Waals surface area contributed by atoms with Crippen LogP contribution in [0.2, 0.25) is 0 Å². The van der Waals surface area contributed by atoms with E-state index in [1.807, 2.05) is 111 Å². The van der Waals surface area contributed by atoms with Crippen molar-refractivity contribution in [2.75, 3.05) is 4.90 Å². The smallest absolute Gasteiger partial charge is 0.337 e. The van der Waals surface area contributed by atoms with Crippen LogP contribution in [0.3, 0.4) is 0 Å². The van der Waals surface area contributed by atoms with Gasteiger partial charge in [-0.05, 0) is 169 Å². The van der Waals surface area contributed by atoms with Crippen LogP contribution >= 0.6 is 0 Å². The molecule has 1 atom stereocenters. The largest absolute Gasteiger partial charge is 0.508 e. The van der Waals surface area contributed by atoms with Crippen LogP contribution in [0.5, 0.6) is 0 Å². The first-order chi connectivity index (χ1) is 41.4. The maximum Gasteiger partial charge on any atom is 0.337 e.